The lowest BCUT2D eigenvalue weighted by Gasteiger charge is -2.34. The van der Waals surface area contributed by atoms with Gasteiger partial charge in [0.05, 0.1) is 6.61 Å². The van der Waals surface area contributed by atoms with Gasteiger partial charge < -0.3 is 24.2 Å². The second-order valence-electron chi connectivity index (χ2n) is 6.54. The number of rotatable bonds is 6. The van der Waals surface area contributed by atoms with Crippen molar-refractivity contribution in [2.24, 2.45) is 0 Å². The highest BCUT2D eigenvalue weighted by Crippen LogP contribution is 2.10. The van der Waals surface area contributed by atoms with Gasteiger partial charge in [-0.25, -0.2) is 4.79 Å². The summed E-state index contributed by atoms with van der Waals surface area (Å²) in [5.41, 5.74) is 0. The summed E-state index contributed by atoms with van der Waals surface area (Å²) in [4.78, 5) is 52.9. The van der Waals surface area contributed by atoms with Gasteiger partial charge in [-0.05, 0) is 19.8 Å². The summed E-state index contributed by atoms with van der Waals surface area (Å²) in [5.74, 6) is -1.93. The third kappa shape index (κ3) is 5.78. The Labute approximate surface area is 158 Å². The molecule has 0 spiro atoms. The summed E-state index contributed by atoms with van der Waals surface area (Å²) in [6.45, 7) is 7.31. The van der Waals surface area contributed by atoms with Gasteiger partial charge in [-0.3, -0.25) is 14.4 Å². The van der Waals surface area contributed by atoms with E-state index in [9.17, 15) is 19.2 Å². The predicted molar refractivity (Wildman–Crippen MR) is 95.5 cm³/mol. The lowest BCUT2D eigenvalue weighted by Crippen LogP contribution is -2.54. The minimum absolute atomic E-state index is 0.219. The summed E-state index contributed by atoms with van der Waals surface area (Å²) in [6.07, 6.45) is 2.60. The molecule has 3 amide bonds. The average Bonchev–Trinajstić information content (AvgIpc) is 3.23. The number of esters is 1. The number of carbonyl (C=O) groups is 4. The zero-order valence-electron chi connectivity index (χ0n) is 15.7. The van der Waals surface area contributed by atoms with E-state index in [1.54, 1.807) is 4.90 Å². The number of carbonyl (C=O) groups excluding carboxylic acids is 4. The van der Waals surface area contributed by atoms with Crippen molar-refractivity contribution in [2.75, 3.05) is 52.5 Å². The lowest BCUT2D eigenvalue weighted by atomic mass is 10.3. The Balaban J connectivity index is 1.72. The molecule has 1 unspecified atom stereocenters. The zero-order valence-corrected chi connectivity index (χ0v) is 15.7. The van der Waals surface area contributed by atoms with E-state index in [4.69, 9.17) is 9.47 Å². The van der Waals surface area contributed by atoms with Crippen molar-refractivity contribution in [3.8, 4) is 0 Å². The minimum atomic E-state index is -0.776. The van der Waals surface area contributed by atoms with Crippen LogP contribution in [0.2, 0.25) is 0 Å². The highest BCUT2D eigenvalue weighted by molar-refractivity contribution is 6.35. The highest BCUT2D eigenvalue weighted by Gasteiger charge is 2.32. The number of nitrogens with zero attached hydrogens (tertiary/aromatic N) is 3. The van der Waals surface area contributed by atoms with Crippen molar-refractivity contribution in [2.45, 2.75) is 25.9 Å². The molecule has 2 fully saturated rings. The van der Waals surface area contributed by atoms with Crippen LogP contribution in [0, 0.1) is 0 Å². The fourth-order valence-electron chi connectivity index (χ4n) is 2.97. The summed E-state index contributed by atoms with van der Waals surface area (Å²) in [7, 11) is 0. The van der Waals surface area contributed by atoms with Crippen molar-refractivity contribution >= 4 is 23.7 Å². The standard InChI is InChI=1S/C18H27N3O6/c1-3-12-26-14(2)18(25)27-13-15(22)19-8-10-21(11-9-19)17(24)16(23)20-6-4-5-7-20/h3,14H,1,4-13H2,2H3. The lowest BCUT2D eigenvalue weighted by molar-refractivity contribution is -0.161. The van der Waals surface area contributed by atoms with Crippen LogP contribution in [0.25, 0.3) is 0 Å². The molecule has 2 saturated heterocycles. The number of likely N-dealkylation sites (tertiary alicyclic amines) is 1. The smallest absolute Gasteiger partial charge is 0.335 e. The quantitative estimate of drug-likeness (QED) is 0.347. The van der Waals surface area contributed by atoms with E-state index in [0.717, 1.165) is 12.8 Å². The van der Waals surface area contributed by atoms with E-state index >= 15 is 0 Å². The van der Waals surface area contributed by atoms with Gasteiger partial charge in [0.15, 0.2) is 12.7 Å². The van der Waals surface area contributed by atoms with E-state index in [0.29, 0.717) is 26.2 Å². The maximum atomic E-state index is 12.3. The number of ether oxygens (including phenoxy) is 2. The van der Waals surface area contributed by atoms with Crippen molar-refractivity contribution in [3.05, 3.63) is 12.7 Å². The van der Waals surface area contributed by atoms with E-state index in [2.05, 4.69) is 6.58 Å². The first-order chi connectivity index (χ1) is 12.9. The summed E-state index contributed by atoms with van der Waals surface area (Å²) in [5, 5.41) is 0. The molecule has 0 saturated carbocycles. The Bertz CT molecular complexity index is 580. The molecule has 0 aliphatic carbocycles. The van der Waals surface area contributed by atoms with Gasteiger partial charge in [0.2, 0.25) is 0 Å². The molecule has 27 heavy (non-hydrogen) atoms. The Morgan fingerprint density at radius 3 is 2.00 bits per heavy atom. The van der Waals surface area contributed by atoms with E-state index < -0.39 is 23.9 Å². The van der Waals surface area contributed by atoms with Crippen LogP contribution in [-0.2, 0) is 28.7 Å². The average molecular weight is 381 g/mol. The van der Waals surface area contributed by atoms with Crippen LogP contribution in [0.5, 0.6) is 0 Å². The van der Waals surface area contributed by atoms with Crippen LogP contribution < -0.4 is 0 Å². The molecule has 2 rings (SSSR count). The maximum absolute atomic E-state index is 12.3. The normalized spacial score (nSPS) is 18.2. The zero-order chi connectivity index (χ0) is 19.8. The number of amides is 3. The molecule has 0 N–H and O–H groups in total. The van der Waals surface area contributed by atoms with Crippen LogP contribution in [0.4, 0.5) is 0 Å². The van der Waals surface area contributed by atoms with E-state index in [1.165, 1.54) is 22.8 Å². The van der Waals surface area contributed by atoms with Crippen LogP contribution in [0.3, 0.4) is 0 Å². The molecule has 2 aliphatic heterocycles. The van der Waals surface area contributed by atoms with Gasteiger partial charge in [-0.15, -0.1) is 6.58 Å². The van der Waals surface area contributed by atoms with Gasteiger partial charge in [0.25, 0.3) is 5.91 Å². The second kappa shape index (κ2) is 10.1. The predicted octanol–water partition coefficient (Wildman–Crippen LogP) is -0.586. The summed E-state index contributed by atoms with van der Waals surface area (Å²) in [6, 6.07) is 0. The highest BCUT2D eigenvalue weighted by atomic mass is 16.6. The molecule has 0 aromatic carbocycles. The molecular weight excluding hydrogens is 354 g/mol. The fraction of sp³-hybridized carbons (Fsp3) is 0.667. The van der Waals surface area contributed by atoms with Crippen molar-refractivity contribution in [1.29, 1.82) is 0 Å². The van der Waals surface area contributed by atoms with Gasteiger partial charge in [-0.1, -0.05) is 6.08 Å². The summed E-state index contributed by atoms with van der Waals surface area (Å²) >= 11 is 0. The molecule has 0 bridgehead atoms. The topological polar surface area (TPSA) is 96.5 Å². The van der Waals surface area contributed by atoms with Crippen LogP contribution in [0.1, 0.15) is 19.8 Å². The minimum Gasteiger partial charge on any atom is -0.454 e. The Kier molecular flexibility index (Phi) is 7.78. The van der Waals surface area contributed by atoms with Crippen molar-refractivity contribution in [1.82, 2.24) is 14.7 Å². The van der Waals surface area contributed by atoms with Crippen LogP contribution in [-0.4, -0.2) is 97.0 Å². The molecule has 2 heterocycles. The van der Waals surface area contributed by atoms with Crippen molar-refractivity contribution < 1.29 is 28.7 Å². The van der Waals surface area contributed by atoms with Crippen LogP contribution >= 0.6 is 0 Å². The first-order valence-corrected chi connectivity index (χ1v) is 9.19. The number of hydrogen-bond donors (Lipinski definition) is 0. The fourth-order valence-corrected chi connectivity index (χ4v) is 2.97. The molecule has 9 nitrogen and oxygen atoms in total. The third-order valence-corrected chi connectivity index (χ3v) is 4.63. The molecule has 1 atom stereocenters. The molecule has 150 valence electrons. The molecule has 0 radical (unpaired) electrons. The van der Waals surface area contributed by atoms with Gasteiger partial charge in [-0.2, -0.15) is 0 Å². The van der Waals surface area contributed by atoms with E-state index in [-0.39, 0.29) is 32.2 Å². The Hall–Kier alpha value is -2.42. The molecule has 9 heteroatoms. The van der Waals surface area contributed by atoms with E-state index in [1.807, 2.05) is 0 Å². The SMILES string of the molecule is C=CCOC(C)C(=O)OCC(=O)N1CCN(C(=O)C(=O)N2CCCC2)CC1. The second-order valence-corrected chi connectivity index (χ2v) is 6.54. The van der Waals surface area contributed by atoms with Gasteiger partial charge in [0, 0.05) is 39.3 Å². The molecule has 2 aliphatic rings. The van der Waals surface area contributed by atoms with Crippen LogP contribution in [0.15, 0.2) is 12.7 Å². The Morgan fingerprint density at radius 2 is 1.44 bits per heavy atom. The summed E-state index contributed by atoms with van der Waals surface area (Å²) < 4.78 is 10.1. The van der Waals surface area contributed by atoms with Gasteiger partial charge in [0.1, 0.15) is 0 Å². The first kappa shape index (κ1) is 20.9. The van der Waals surface area contributed by atoms with Gasteiger partial charge >= 0.3 is 17.8 Å². The first-order valence-electron chi connectivity index (χ1n) is 9.19. The molecular formula is C18H27N3O6. The maximum Gasteiger partial charge on any atom is 0.335 e. The third-order valence-electron chi connectivity index (χ3n) is 4.63. The Morgan fingerprint density at radius 1 is 0.926 bits per heavy atom. The number of piperazine rings is 1. The largest absolute Gasteiger partial charge is 0.454 e. The monoisotopic (exact) mass is 381 g/mol. The molecule has 0 aromatic rings. The van der Waals surface area contributed by atoms with Crippen molar-refractivity contribution in [3.63, 3.8) is 0 Å². The molecule has 0 aromatic heterocycles. The number of hydrogen-bond acceptors (Lipinski definition) is 6.